The van der Waals surface area contributed by atoms with Crippen molar-refractivity contribution < 1.29 is 19.0 Å². The Balaban J connectivity index is 1.82. The van der Waals surface area contributed by atoms with E-state index in [1.165, 1.54) is 12.1 Å². The van der Waals surface area contributed by atoms with Gasteiger partial charge in [0.05, 0.1) is 12.1 Å². The van der Waals surface area contributed by atoms with E-state index in [9.17, 15) is 14.3 Å². The lowest BCUT2D eigenvalue weighted by Crippen LogP contribution is -2.46. The Morgan fingerprint density at radius 3 is 2.90 bits per heavy atom. The van der Waals surface area contributed by atoms with Crippen LogP contribution in [0.2, 0.25) is 0 Å². The summed E-state index contributed by atoms with van der Waals surface area (Å²) in [5, 5.41) is 12.5. The lowest BCUT2D eigenvalue weighted by atomic mass is 9.92. The molecule has 6 heteroatoms. The number of hydrogen-bond donors (Lipinski definition) is 2. The third kappa shape index (κ3) is 4.18. The molecule has 4 nitrogen and oxygen atoms in total. The second kappa shape index (κ2) is 7.04. The molecule has 1 aromatic rings. The first-order chi connectivity index (χ1) is 9.56. The van der Waals surface area contributed by atoms with Crippen LogP contribution in [-0.4, -0.2) is 29.8 Å². The van der Waals surface area contributed by atoms with E-state index in [4.69, 9.17) is 4.74 Å². The first-order valence-corrected chi connectivity index (χ1v) is 7.41. The van der Waals surface area contributed by atoms with Crippen molar-refractivity contribution in [1.29, 1.82) is 0 Å². The van der Waals surface area contributed by atoms with Crippen LogP contribution in [0, 0.1) is 5.82 Å². The summed E-state index contributed by atoms with van der Waals surface area (Å²) in [7, 11) is 0. The molecule has 2 N–H and O–H groups in total. The summed E-state index contributed by atoms with van der Waals surface area (Å²) in [6, 6.07) is 4.15. The summed E-state index contributed by atoms with van der Waals surface area (Å²) >= 11 is 3.15. The number of hydrogen-bond acceptors (Lipinski definition) is 3. The molecular weight excluding hydrogens is 329 g/mol. The van der Waals surface area contributed by atoms with E-state index < -0.39 is 11.9 Å². The summed E-state index contributed by atoms with van der Waals surface area (Å²) < 4.78 is 19.2. The number of aliphatic hydroxyl groups excluding tert-OH is 1. The Kier molecular flexibility index (Phi) is 5.37. The third-order valence-corrected chi connectivity index (χ3v) is 3.82. The molecule has 0 spiro atoms. The fourth-order valence-electron chi connectivity index (χ4n) is 2.26. The van der Waals surface area contributed by atoms with Crippen LogP contribution in [0.1, 0.15) is 25.7 Å². The molecule has 1 saturated carbocycles. The number of ether oxygens (including phenoxy) is 1. The van der Waals surface area contributed by atoms with E-state index in [0.717, 1.165) is 19.3 Å². The van der Waals surface area contributed by atoms with Gasteiger partial charge in [-0.3, -0.25) is 4.79 Å². The van der Waals surface area contributed by atoms with Gasteiger partial charge in [0.25, 0.3) is 5.91 Å². The Morgan fingerprint density at radius 1 is 1.45 bits per heavy atom. The molecular formula is C14H17BrFNO3. The largest absolute Gasteiger partial charge is 0.481 e. The average Bonchev–Trinajstić information content (AvgIpc) is 2.40. The van der Waals surface area contributed by atoms with Gasteiger partial charge in [0.1, 0.15) is 0 Å². The van der Waals surface area contributed by atoms with Gasteiger partial charge >= 0.3 is 0 Å². The number of carbonyl (C=O) groups excluding carboxylic acids is 1. The van der Waals surface area contributed by atoms with Gasteiger partial charge in [-0.15, -0.1) is 0 Å². The Bertz CT molecular complexity index is 483. The molecule has 110 valence electrons. The number of halogens is 2. The van der Waals surface area contributed by atoms with Crippen molar-refractivity contribution in [3.63, 3.8) is 0 Å². The second-order valence-electron chi connectivity index (χ2n) is 4.89. The second-order valence-corrected chi connectivity index (χ2v) is 5.80. The molecule has 0 bridgehead atoms. The standard InChI is InChI=1S/C14H17BrFNO3/c15-9-5-6-13(10(16)7-9)20-8-14(19)17-11-3-1-2-4-12(11)18/h5-7,11-12,18H,1-4,8H2,(H,17,19)/t11-,12-/m0/s1. The fraction of sp³-hybridized carbons (Fsp3) is 0.500. The number of aliphatic hydroxyl groups is 1. The molecule has 0 heterocycles. The minimum absolute atomic E-state index is 0.0348. The van der Waals surface area contributed by atoms with Crippen molar-refractivity contribution in [2.75, 3.05) is 6.61 Å². The molecule has 0 saturated heterocycles. The zero-order chi connectivity index (χ0) is 14.5. The maximum atomic E-state index is 13.5. The summed E-state index contributed by atoms with van der Waals surface area (Å²) in [6.07, 6.45) is 2.93. The van der Waals surface area contributed by atoms with Crippen LogP contribution in [0.5, 0.6) is 5.75 Å². The SMILES string of the molecule is O=C(COc1ccc(Br)cc1F)N[C@H]1CCCC[C@@H]1O. The average molecular weight is 346 g/mol. The van der Waals surface area contributed by atoms with Gasteiger partial charge < -0.3 is 15.2 Å². The molecule has 0 unspecified atom stereocenters. The van der Waals surface area contributed by atoms with Gasteiger partial charge in [0.2, 0.25) is 0 Å². The first kappa shape index (κ1) is 15.3. The number of amides is 1. The van der Waals surface area contributed by atoms with Crippen LogP contribution < -0.4 is 10.1 Å². The molecule has 2 atom stereocenters. The Morgan fingerprint density at radius 2 is 2.20 bits per heavy atom. The van der Waals surface area contributed by atoms with Gasteiger partial charge in [-0.25, -0.2) is 4.39 Å². The van der Waals surface area contributed by atoms with Gasteiger partial charge in [-0.05, 0) is 31.0 Å². The molecule has 0 radical (unpaired) electrons. The molecule has 1 fully saturated rings. The summed E-state index contributed by atoms with van der Waals surface area (Å²) in [6.45, 7) is -0.262. The predicted octanol–water partition coefficient (Wildman–Crippen LogP) is 2.39. The number of carbonyl (C=O) groups is 1. The molecule has 20 heavy (non-hydrogen) atoms. The highest BCUT2D eigenvalue weighted by Crippen LogP contribution is 2.21. The van der Waals surface area contributed by atoms with Crippen LogP contribution in [0.25, 0.3) is 0 Å². The number of benzene rings is 1. The van der Waals surface area contributed by atoms with Crippen LogP contribution in [0.15, 0.2) is 22.7 Å². The van der Waals surface area contributed by atoms with Crippen LogP contribution in [0.4, 0.5) is 4.39 Å². The maximum absolute atomic E-state index is 13.5. The Labute approximate surface area is 125 Å². The van der Waals surface area contributed by atoms with Crippen LogP contribution >= 0.6 is 15.9 Å². The normalized spacial score (nSPS) is 22.4. The molecule has 1 aliphatic rings. The van der Waals surface area contributed by atoms with E-state index in [1.54, 1.807) is 6.07 Å². The zero-order valence-corrected chi connectivity index (χ0v) is 12.5. The monoisotopic (exact) mass is 345 g/mol. The van der Waals surface area contributed by atoms with Gasteiger partial charge in [0, 0.05) is 4.47 Å². The minimum Gasteiger partial charge on any atom is -0.481 e. The lowest BCUT2D eigenvalue weighted by molar-refractivity contribution is -0.125. The molecule has 1 aromatic carbocycles. The van der Waals surface area contributed by atoms with Crippen molar-refractivity contribution in [2.45, 2.75) is 37.8 Å². The Hall–Kier alpha value is -1.14. The van der Waals surface area contributed by atoms with E-state index in [1.807, 2.05) is 0 Å². The van der Waals surface area contributed by atoms with E-state index >= 15 is 0 Å². The van der Waals surface area contributed by atoms with E-state index in [0.29, 0.717) is 10.9 Å². The van der Waals surface area contributed by atoms with Gasteiger partial charge in [0.15, 0.2) is 18.2 Å². The van der Waals surface area contributed by atoms with Crippen LogP contribution in [0.3, 0.4) is 0 Å². The first-order valence-electron chi connectivity index (χ1n) is 6.61. The summed E-state index contributed by atoms with van der Waals surface area (Å²) in [4.78, 5) is 11.7. The van der Waals surface area contributed by atoms with Crippen LogP contribution in [-0.2, 0) is 4.79 Å². The molecule has 1 amide bonds. The maximum Gasteiger partial charge on any atom is 0.258 e. The minimum atomic E-state index is -0.523. The number of nitrogens with one attached hydrogen (secondary N) is 1. The third-order valence-electron chi connectivity index (χ3n) is 3.33. The van der Waals surface area contributed by atoms with E-state index in [-0.39, 0.29) is 24.3 Å². The van der Waals surface area contributed by atoms with Crippen molar-refractivity contribution in [3.05, 3.63) is 28.5 Å². The van der Waals surface area contributed by atoms with Gasteiger partial charge in [-0.2, -0.15) is 0 Å². The number of rotatable bonds is 4. The van der Waals surface area contributed by atoms with Gasteiger partial charge in [-0.1, -0.05) is 28.8 Å². The van der Waals surface area contributed by atoms with Crippen molar-refractivity contribution in [1.82, 2.24) is 5.32 Å². The predicted molar refractivity (Wildman–Crippen MR) is 76.0 cm³/mol. The molecule has 1 aliphatic carbocycles. The molecule has 0 aliphatic heterocycles. The van der Waals surface area contributed by atoms with Crippen molar-refractivity contribution in [2.24, 2.45) is 0 Å². The lowest BCUT2D eigenvalue weighted by Gasteiger charge is -2.28. The summed E-state index contributed by atoms with van der Waals surface area (Å²) in [5.74, 6) is -0.837. The molecule has 0 aromatic heterocycles. The van der Waals surface area contributed by atoms with E-state index in [2.05, 4.69) is 21.2 Å². The topological polar surface area (TPSA) is 58.6 Å². The fourth-order valence-corrected chi connectivity index (χ4v) is 2.60. The highest BCUT2D eigenvalue weighted by Gasteiger charge is 2.24. The quantitative estimate of drug-likeness (QED) is 0.880. The highest BCUT2D eigenvalue weighted by atomic mass is 79.9. The molecule has 2 rings (SSSR count). The zero-order valence-electron chi connectivity index (χ0n) is 10.9. The smallest absolute Gasteiger partial charge is 0.258 e. The van der Waals surface area contributed by atoms with Crippen molar-refractivity contribution >= 4 is 21.8 Å². The van der Waals surface area contributed by atoms with Crippen molar-refractivity contribution in [3.8, 4) is 5.75 Å². The highest BCUT2D eigenvalue weighted by molar-refractivity contribution is 9.10. The summed E-state index contributed by atoms with van der Waals surface area (Å²) in [5.41, 5.74) is 0.